The zero-order chi connectivity index (χ0) is 22.7. The van der Waals surface area contributed by atoms with Crippen molar-refractivity contribution in [1.82, 2.24) is 0 Å². The summed E-state index contributed by atoms with van der Waals surface area (Å²) in [6.45, 7) is 27.4. The second-order valence-corrected chi connectivity index (χ2v) is 12.0. The van der Waals surface area contributed by atoms with Crippen LogP contribution in [0, 0.1) is 55.4 Å². The van der Waals surface area contributed by atoms with Crippen LogP contribution in [0.2, 0.25) is 0 Å². The average molecular weight is 583 g/mol. The first-order chi connectivity index (χ1) is 12.7. The van der Waals surface area contributed by atoms with E-state index >= 15 is 0 Å². The van der Waals surface area contributed by atoms with Gasteiger partial charge in [0.25, 0.3) is 0 Å². The predicted molar refractivity (Wildman–Crippen MR) is 119 cm³/mol. The van der Waals surface area contributed by atoms with Crippen molar-refractivity contribution in [2.24, 2.45) is 0 Å². The Labute approximate surface area is 203 Å². The molecule has 2 heterocycles. The van der Waals surface area contributed by atoms with E-state index in [2.05, 4.69) is 75.8 Å². The molecule has 0 bridgehead atoms. The molecule has 3 nitrogen and oxygen atoms in total. The van der Waals surface area contributed by atoms with E-state index in [1.54, 1.807) is 0 Å². The van der Waals surface area contributed by atoms with Crippen molar-refractivity contribution in [3.8, 4) is 0 Å². The molecule has 0 aliphatic carbocycles. The number of aryl methyl sites for hydroxylation is 4. The summed E-state index contributed by atoms with van der Waals surface area (Å²) in [6, 6.07) is 0. The van der Waals surface area contributed by atoms with Crippen molar-refractivity contribution in [2.45, 2.75) is 55.4 Å². The molecule has 0 aromatic carbocycles. The monoisotopic (exact) mass is 581 g/mol. The van der Waals surface area contributed by atoms with Gasteiger partial charge < -0.3 is 14.4 Å². The van der Waals surface area contributed by atoms with Crippen molar-refractivity contribution in [3.05, 3.63) is 43.4 Å². The van der Waals surface area contributed by atoms with Gasteiger partial charge in [0.1, 0.15) is 0 Å². The van der Waals surface area contributed by atoms with Crippen LogP contribution in [0.4, 0.5) is 0 Å². The quantitative estimate of drug-likeness (QED) is 0.191. The number of carbonyl (C=O) groups excluding carboxylic acids is 3. The van der Waals surface area contributed by atoms with Gasteiger partial charge in [0.2, 0.25) is 0 Å². The van der Waals surface area contributed by atoms with Gasteiger partial charge in [-0.05, 0) is 0 Å². The molecule has 0 aliphatic heterocycles. The van der Waals surface area contributed by atoms with Gasteiger partial charge in [-0.2, -0.15) is 32.8 Å². The van der Waals surface area contributed by atoms with Crippen molar-refractivity contribution in [3.63, 3.8) is 0 Å². The number of hydrogen-bond donors (Lipinski definition) is 0. The summed E-state index contributed by atoms with van der Waals surface area (Å²) in [5.74, 6) is 0. The van der Waals surface area contributed by atoms with Gasteiger partial charge >= 0.3 is 54.9 Å². The Morgan fingerprint density at radius 3 is 0.893 bits per heavy atom. The summed E-state index contributed by atoms with van der Waals surface area (Å²) in [5, 5.41) is 6.07. The molecule has 28 heavy (non-hydrogen) atoms. The van der Waals surface area contributed by atoms with Crippen molar-refractivity contribution in [1.29, 1.82) is 0 Å². The van der Waals surface area contributed by atoms with Crippen molar-refractivity contribution in [2.75, 3.05) is 0 Å². The van der Waals surface area contributed by atoms with Crippen LogP contribution in [0.15, 0.2) is 0 Å². The first kappa shape index (κ1) is 39.1. The van der Waals surface area contributed by atoms with Gasteiger partial charge in [0.15, 0.2) is 0 Å². The Balaban J connectivity index is -0.0000000876. The maximum atomic E-state index is 7.75. The van der Waals surface area contributed by atoms with Gasteiger partial charge in [-0.1, -0.05) is 55.4 Å². The largest absolute Gasteiger partial charge is 5.00 e. The summed E-state index contributed by atoms with van der Waals surface area (Å²) in [5.41, 5.74) is 5.98. The van der Waals surface area contributed by atoms with E-state index in [0.717, 1.165) is 0 Å². The van der Waals surface area contributed by atoms with Crippen LogP contribution >= 0.6 is 33.4 Å². The molecule has 1 radical (unpaired) electrons. The van der Waals surface area contributed by atoms with Crippen LogP contribution in [0.25, 0.3) is 0 Å². The smallest absolute Gasteiger partial charge is 5.00 e. The predicted octanol–water partition coefficient (Wildman–Crippen LogP) is 6.99. The fraction of sp³-hybridized carbons (Fsp3) is 0.421. The van der Waals surface area contributed by atoms with Gasteiger partial charge in [0, 0.05) is 0 Å². The van der Waals surface area contributed by atoms with Crippen LogP contribution < -0.4 is 0 Å². The minimum Gasteiger partial charge on any atom is 5.00 e. The van der Waals surface area contributed by atoms with Crippen LogP contribution in [-0.2, 0) is 52.3 Å². The molecule has 2 aromatic rings. The molecular formula is C19H27Cl2FeO3P2Zr. The minimum atomic E-state index is -0.826. The van der Waals surface area contributed by atoms with E-state index < -0.39 is 20.8 Å². The topological polar surface area (TPSA) is 51.2 Å². The Bertz CT molecular complexity index is 535. The fourth-order valence-corrected chi connectivity index (χ4v) is 4.27. The van der Waals surface area contributed by atoms with E-state index in [0.29, 0.717) is 0 Å². The maximum absolute atomic E-state index is 7.75. The van der Waals surface area contributed by atoms with Gasteiger partial charge in [-0.15, -0.1) is 10.6 Å². The molecule has 157 valence electrons. The van der Waals surface area contributed by atoms with E-state index in [1.165, 1.54) is 59.8 Å². The molecule has 9 heteroatoms. The molecule has 0 amide bonds. The van der Waals surface area contributed by atoms with E-state index in [4.69, 9.17) is 31.4 Å². The standard InChI is InChI=1S/2C8H12P.3CHO.2ClH.Fe.Zr/c2*1-5-6(2)8(4)9-7(5)3;3*1-2;;;;/h2*1-4H3;3*1H;2*1H;;/q5*-1;;;+5;+2/p-2. The molecule has 0 fully saturated rings. The van der Waals surface area contributed by atoms with Gasteiger partial charge in [0.05, 0.1) is 0 Å². The van der Waals surface area contributed by atoms with Crippen molar-refractivity contribution < 1.29 is 52.3 Å². The van der Waals surface area contributed by atoms with Crippen molar-refractivity contribution >= 4 is 53.8 Å². The molecule has 0 aliphatic rings. The minimum absolute atomic E-state index is 0. The summed E-state index contributed by atoms with van der Waals surface area (Å²) < 4.78 is 0. The summed E-state index contributed by atoms with van der Waals surface area (Å²) >= 11 is -0.826. The number of hydrogen-bond acceptors (Lipinski definition) is 3. The molecule has 2 aromatic heterocycles. The third-order valence-electron chi connectivity index (χ3n) is 3.97. The van der Waals surface area contributed by atoms with Crippen LogP contribution in [0.3, 0.4) is 0 Å². The van der Waals surface area contributed by atoms with E-state index in [-0.39, 0.29) is 17.1 Å². The Morgan fingerprint density at radius 2 is 0.857 bits per heavy atom. The Morgan fingerprint density at radius 1 is 0.679 bits per heavy atom. The molecule has 0 spiro atoms. The third kappa shape index (κ3) is 16.4. The second kappa shape index (κ2) is 25.6. The molecule has 0 atom stereocenters. The fourth-order valence-electron chi connectivity index (χ4n) is 1.92. The number of halogens is 2. The normalized spacial score (nSPS) is 8.07. The molecule has 0 unspecified atom stereocenters. The SMILES string of the molecule is Cc1p[c-](C)c(C)c1C.Cc1p[c-](C)c(C)c1C.[CH-]=O.[CH-]=O.[CH-]=O.[Cl][Zr][Cl].[Fe+5]. The summed E-state index contributed by atoms with van der Waals surface area (Å²) in [4.78, 5) is 23.2. The first-order valence-corrected chi connectivity index (χ1v) is 15.6. The zero-order valence-corrected chi connectivity index (χ0v) is 24.3. The second-order valence-electron chi connectivity index (χ2n) is 5.14. The van der Waals surface area contributed by atoms with Gasteiger partial charge in [-0.25, -0.2) is 16.4 Å². The first-order valence-electron chi connectivity index (χ1n) is 7.48. The summed E-state index contributed by atoms with van der Waals surface area (Å²) in [7, 11) is 12.7. The Kier molecular flexibility index (Phi) is 35.7. The van der Waals surface area contributed by atoms with E-state index in [1.807, 2.05) is 0 Å². The van der Waals surface area contributed by atoms with Crippen LogP contribution in [0.5, 0.6) is 0 Å². The van der Waals surface area contributed by atoms with Crippen LogP contribution in [-0.4, -0.2) is 20.4 Å². The molecule has 0 N–H and O–H groups in total. The molecule has 2 rings (SSSR count). The molecule has 0 saturated heterocycles. The molecule has 0 saturated carbocycles. The van der Waals surface area contributed by atoms with E-state index in [9.17, 15) is 0 Å². The summed E-state index contributed by atoms with van der Waals surface area (Å²) in [6.07, 6.45) is 0. The average Bonchev–Trinajstić information content (AvgIpc) is 3.04. The third-order valence-corrected chi connectivity index (χ3v) is 6.65. The van der Waals surface area contributed by atoms with Gasteiger partial charge in [-0.3, -0.25) is 20.4 Å². The molecular weight excluding hydrogens is 556 g/mol. The Hall–Kier alpha value is 0.553. The maximum Gasteiger partial charge on any atom is 5.00 e. The zero-order valence-electron chi connectivity index (χ0n) is 17.5. The van der Waals surface area contributed by atoms with Crippen LogP contribution in [0.1, 0.15) is 43.4 Å². The number of rotatable bonds is 0.